The van der Waals surface area contributed by atoms with E-state index in [0.29, 0.717) is 5.69 Å². The molecule has 1 N–H and O–H groups in total. The summed E-state index contributed by atoms with van der Waals surface area (Å²) in [5.41, 5.74) is 0.234. The summed E-state index contributed by atoms with van der Waals surface area (Å²) in [7, 11) is 0. The molecule has 0 aliphatic heterocycles. The number of halogens is 2. The molecule has 2 aromatic rings. The summed E-state index contributed by atoms with van der Waals surface area (Å²) in [5, 5.41) is 0.200. The van der Waals surface area contributed by atoms with E-state index in [0.717, 1.165) is 18.0 Å². The molecule has 2 rings (SSSR count). The van der Waals surface area contributed by atoms with Gasteiger partial charge in [-0.2, -0.15) is 0 Å². The molecule has 0 spiro atoms. The van der Waals surface area contributed by atoms with E-state index in [1.165, 1.54) is 6.07 Å². The van der Waals surface area contributed by atoms with E-state index in [1.54, 1.807) is 6.92 Å². The molecule has 0 saturated carbocycles. The van der Waals surface area contributed by atoms with Crippen LogP contribution in [0.5, 0.6) is 0 Å². The Kier molecular flexibility index (Phi) is 3.39. The molecule has 0 bridgehead atoms. The molecule has 0 saturated heterocycles. The van der Waals surface area contributed by atoms with Gasteiger partial charge in [0.2, 0.25) is 5.28 Å². The summed E-state index contributed by atoms with van der Waals surface area (Å²) >= 11 is 6.43. The predicted molar refractivity (Wildman–Crippen MR) is 60.7 cm³/mol. The summed E-state index contributed by atoms with van der Waals surface area (Å²) in [6.07, 6.45) is 0.964. The van der Waals surface area contributed by atoms with Crippen molar-refractivity contribution in [2.24, 2.45) is 0 Å². The van der Waals surface area contributed by atoms with Crippen LogP contribution < -0.4 is 5.56 Å². The minimum Gasteiger partial charge on any atom is -0.301 e. The molecule has 0 unspecified atom stereocenters. The number of rotatable bonds is 2. The average molecular weight is 273 g/mol. The minimum absolute atomic E-state index is 0.0127. The van der Waals surface area contributed by atoms with Crippen molar-refractivity contribution in [1.29, 1.82) is 0 Å². The molecular weight excluding hydrogens is 267 g/mol. The number of H-pyrrole nitrogens is 1. The zero-order chi connectivity index (χ0) is 12.4. The van der Waals surface area contributed by atoms with Crippen molar-refractivity contribution >= 4 is 23.4 Å². The first-order valence-electron chi connectivity index (χ1n) is 4.48. The van der Waals surface area contributed by atoms with Gasteiger partial charge in [-0.3, -0.25) is 4.79 Å². The second-order valence-electron chi connectivity index (χ2n) is 3.09. The van der Waals surface area contributed by atoms with Crippen molar-refractivity contribution in [2.75, 3.05) is 0 Å². The van der Waals surface area contributed by atoms with Crippen LogP contribution in [-0.4, -0.2) is 19.9 Å². The lowest BCUT2D eigenvalue weighted by atomic mass is 10.5. The Morgan fingerprint density at radius 2 is 2.24 bits per heavy atom. The van der Waals surface area contributed by atoms with Gasteiger partial charge in [0, 0.05) is 11.8 Å². The smallest absolute Gasteiger partial charge is 0.251 e. The summed E-state index contributed by atoms with van der Waals surface area (Å²) in [4.78, 5) is 24.9. The van der Waals surface area contributed by atoms with Crippen molar-refractivity contribution in [3.63, 3.8) is 0 Å². The Morgan fingerprint density at radius 1 is 1.47 bits per heavy atom. The molecule has 0 aliphatic carbocycles. The highest BCUT2D eigenvalue weighted by atomic mass is 35.5. The molecule has 0 aromatic carbocycles. The molecule has 88 valence electrons. The highest BCUT2D eigenvalue weighted by molar-refractivity contribution is 7.99. The molecule has 0 radical (unpaired) electrons. The van der Waals surface area contributed by atoms with Crippen molar-refractivity contribution < 1.29 is 4.39 Å². The van der Waals surface area contributed by atoms with Crippen molar-refractivity contribution in [2.45, 2.75) is 17.1 Å². The molecule has 0 fully saturated rings. The normalized spacial score (nSPS) is 10.5. The van der Waals surface area contributed by atoms with E-state index in [4.69, 9.17) is 11.6 Å². The number of nitrogens with one attached hydrogen (secondary N) is 1. The lowest BCUT2D eigenvalue weighted by Crippen LogP contribution is -2.08. The largest absolute Gasteiger partial charge is 0.301 e. The number of nitrogens with zero attached hydrogens (tertiary/aromatic N) is 3. The van der Waals surface area contributed by atoms with Crippen LogP contribution in [0, 0.1) is 12.7 Å². The maximum absolute atomic E-state index is 13.3. The van der Waals surface area contributed by atoms with Gasteiger partial charge >= 0.3 is 0 Å². The van der Waals surface area contributed by atoms with Crippen LogP contribution in [0.15, 0.2) is 27.2 Å². The lowest BCUT2D eigenvalue weighted by molar-refractivity contribution is 0.578. The third-order valence-electron chi connectivity index (χ3n) is 1.72. The molecule has 0 aliphatic rings. The Bertz CT molecular complexity index is 618. The fraction of sp³-hybridized carbons (Fsp3) is 0.111. The van der Waals surface area contributed by atoms with Crippen LogP contribution in [-0.2, 0) is 0 Å². The zero-order valence-electron chi connectivity index (χ0n) is 8.57. The standard InChI is InChI=1S/C9H6ClFN4OS/c1-4-2-6(16)14-9(13-4)17-7-5(11)3-12-8(10)15-7/h2-3H,1H3,(H,13,14,16). The van der Waals surface area contributed by atoms with Gasteiger partial charge in [0.1, 0.15) is 5.03 Å². The minimum atomic E-state index is -0.622. The number of aryl methyl sites for hydroxylation is 1. The third-order valence-corrected chi connectivity index (χ3v) is 2.77. The van der Waals surface area contributed by atoms with E-state index in [-0.39, 0.29) is 21.0 Å². The van der Waals surface area contributed by atoms with E-state index >= 15 is 0 Å². The molecule has 0 amide bonds. The summed E-state index contributed by atoms with van der Waals surface area (Å²) in [6, 6.07) is 1.34. The van der Waals surface area contributed by atoms with Gasteiger partial charge in [-0.25, -0.2) is 19.3 Å². The van der Waals surface area contributed by atoms with Crippen molar-refractivity contribution in [1.82, 2.24) is 19.9 Å². The molecule has 2 heterocycles. The Labute approximate surface area is 104 Å². The fourth-order valence-electron chi connectivity index (χ4n) is 1.09. The van der Waals surface area contributed by atoms with Crippen LogP contribution in [0.4, 0.5) is 4.39 Å². The summed E-state index contributed by atoms with van der Waals surface area (Å²) < 4.78 is 13.3. The van der Waals surface area contributed by atoms with E-state index in [1.807, 2.05) is 0 Å². The van der Waals surface area contributed by atoms with E-state index in [9.17, 15) is 9.18 Å². The van der Waals surface area contributed by atoms with Crippen LogP contribution in [0.3, 0.4) is 0 Å². The fourth-order valence-corrected chi connectivity index (χ4v) is 2.08. The maximum atomic E-state index is 13.3. The Hall–Kier alpha value is -1.47. The Balaban J connectivity index is 2.37. The van der Waals surface area contributed by atoms with Gasteiger partial charge in [-0.05, 0) is 30.3 Å². The van der Waals surface area contributed by atoms with Crippen LogP contribution >= 0.6 is 23.4 Å². The summed E-state index contributed by atoms with van der Waals surface area (Å²) in [6.45, 7) is 1.67. The SMILES string of the molecule is Cc1cc(=O)[nH]c(Sc2nc(Cl)ncc2F)n1. The average Bonchev–Trinajstić information content (AvgIpc) is 2.22. The van der Waals surface area contributed by atoms with Gasteiger partial charge in [0.25, 0.3) is 5.56 Å². The molecule has 8 heteroatoms. The molecule has 17 heavy (non-hydrogen) atoms. The maximum Gasteiger partial charge on any atom is 0.251 e. The zero-order valence-corrected chi connectivity index (χ0v) is 10.1. The van der Waals surface area contributed by atoms with Crippen LogP contribution in [0.25, 0.3) is 0 Å². The molecular formula is C9H6ClFN4OS. The van der Waals surface area contributed by atoms with Gasteiger partial charge in [0.05, 0.1) is 6.20 Å². The lowest BCUT2D eigenvalue weighted by Gasteiger charge is -2.01. The number of aromatic amines is 1. The first kappa shape index (κ1) is 12.0. The predicted octanol–water partition coefficient (Wildman–Crippen LogP) is 1.81. The highest BCUT2D eigenvalue weighted by Gasteiger charge is 2.10. The number of hydrogen-bond acceptors (Lipinski definition) is 5. The van der Waals surface area contributed by atoms with Gasteiger partial charge < -0.3 is 4.98 Å². The van der Waals surface area contributed by atoms with Crippen LogP contribution in [0.2, 0.25) is 5.28 Å². The second kappa shape index (κ2) is 4.80. The second-order valence-corrected chi connectivity index (χ2v) is 4.40. The Morgan fingerprint density at radius 3 is 2.94 bits per heavy atom. The quantitative estimate of drug-likeness (QED) is 0.667. The van der Waals surface area contributed by atoms with Gasteiger partial charge in [-0.15, -0.1) is 0 Å². The number of hydrogen-bond donors (Lipinski definition) is 1. The van der Waals surface area contributed by atoms with Gasteiger partial charge in [0.15, 0.2) is 11.0 Å². The molecule has 2 aromatic heterocycles. The monoisotopic (exact) mass is 272 g/mol. The van der Waals surface area contributed by atoms with Gasteiger partial charge in [-0.1, -0.05) is 0 Å². The van der Waals surface area contributed by atoms with Crippen molar-refractivity contribution in [3.05, 3.63) is 39.4 Å². The summed E-state index contributed by atoms with van der Waals surface area (Å²) in [5.74, 6) is -0.622. The molecule has 5 nitrogen and oxygen atoms in total. The first-order valence-corrected chi connectivity index (χ1v) is 5.68. The highest BCUT2D eigenvalue weighted by Crippen LogP contribution is 2.24. The van der Waals surface area contributed by atoms with Crippen molar-refractivity contribution in [3.8, 4) is 0 Å². The number of aromatic nitrogens is 4. The van der Waals surface area contributed by atoms with E-state index in [2.05, 4.69) is 19.9 Å². The molecule has 0 atom stereocenters. The third kappa shape index (κ3) is 3.01. The van der Waals surface area contributed by atoms with E-state index < -0.39 is 5.82 Å². The topological polar surface area (TPSA) is 71.5 Å². The first-order chi connectivity index (χ1) is 8.04. The van der Waals surface area contributed by atoms with Crippen LogP contribution in [0.1, 0.15) is 5.69 Å².